The van der Waals surface area contributed by atoms with E-state index >= 15 is 0 Å². The average Bonchev–Trinajstić information content (AvgIpc) is 3.35. The first kappa shape index (κ1) is 25.6. The summed E-state index contributed by atoms with van der Waals surface area (Å²) < 4.78 is -0.349. The fourth-order valence-corrected chi connectivity index (χ4v) is 5.02. The summed E-state index contributed by atoms with van der Waals surface area (Å²) in [6.07, 6.45) is -0.626. The number of amides is 3. The lowest BCUT2D eigenvalue weighted by atomic mass is 9.85. The molecule has 1 aromatic carbocycles. The summed E-state index contributed by atoms with van der Waals surface area (Å²) in [6, 6.07) is 6.31. The molecule has 2 heterocycles. The van der Waals surface area contributed by atoms with Gasteiger partial charge in [-0.3, -0.25) is 14.4 Å². The normalized spacial score (nSPS) is 19.3. The molecule has 1 saturated heterocycles. The number of carbonyl (C=O) groups is 3. The summed E-state index contributed by atoms with van der Waals surface area (Å²) in [6.45, 7) is 7.88. The first-order valence-corrected chi connectivity index (χ1v) is 12.6. The van der Waals surface area contributed by atoms with Gasteiger partial charge in [0.25, 0.3) is 3.91 Å². The molecule has 33 heavy (non-hydrogen) atoms. The van der Waals surface area contributed by atoms with Crippen LogP contribution in [0.15, 0.2) is 29.8 Å². The number of nitrogens with zero attached hydrogens (tertiary/aromatic N) is 2. The second kappa shape index (κ2) is 10.5. The molecule has 10 heteroatoms. The summed E-state index contributed by atoms with van der Waals surface area (Å²) in [5.74, 6) is -0.691. The number of nitrogens with one attached hydrogen (secondary N) is 2. The third-order valence-corrected chi connectivity index (χ3v) is 6.95. The van der Waals surface area contributed by atoms with Gasteiger partial charge in [0.15, 0.2) is 0 Å². The number of thiazole rings is 1. The zero-order valence-electron chi connectivity index (χ0n) is 19.1. The van der Waals surface area contributed by atoms with Gasteiger partial charge in [0.2, 0.25) is 11.8 Å². The molecule has 3 N–H and O–H groups in total. The Balaban J connectivity index is 1.67. The first-order valence-electron chi connectivity index (χ1n) is 10.7. The zero-order valence-corrected chi connectivity index (χ0v) is 22.1. The van der Waals surface area contributed by atoms with Crippen LogP contribution in [0.3, 0.4) is 0 Å². The molecule has 8 nitrogen and oxygen atoms in total. The van der Waals surface area contributed by atoms with Gasteiger partial charge in [-0.2, -0.15) is 0 Å². The van der Waals surface area contributed by atoms with Crippen molar-refractivity contribution in [3.05, 3.63) is 41.0 Å². The molecule has 0 aliphatic carbocycles. The predicted molar refractivity (Wildman–Crippen MR) is 136 cm³/mol. The Morgan fingerprint density at radius 2 is 1.94 bits per heavy atom. The van der Waals surface area contributed by atoms with Crippen LogP contribution in [-0.2, 0) is 16.1 Å². The van der Waals surface area contributed by atoms with Gasteiger partial charge in [0.1, 0.15) is 12.1 Å². The molecule has 3 rings (SSSR count). The number of likely N-dealkylation sites (tertiary alicyclic amines) is 1. The molecule has 3 atom stereocenters. The molecule has 178 valence electrons. The lowest BCUT2D eigenvalue weighted by Gasteiger charge is -2.34. The number of benzene rings is 1. The third kappa shape index (κ3) is 6.30. The average molecular weight is 584 g/mol. The van der Waals surface area contributed by atoms with Crippen LogP contribution in [0.5, 0.6) is 0 Å². The highest BCUT2D eigenvalue weighted by Crippen LogP contribution is 2.28. The van der Waals surface area contributed by atoms with Crippen molar-refractivity contribution < 1.29 is 19.5 Å². The van der Waals surface area contributed by atoms with Crippen LogP contribution in [0.4, 0.5) is 4.79 Å². The molecule has 0 radical (unpaired) electrons. The van der Waals surface area contributed by atoms with Crippen molar-refractivity contribution in [2.75, 3.05) is 6.54 Å². The van der Waals surface area contributed by atoms with Crippen molar-refractivity contribution in [2.24, 2.45) is 5.41 Å². The van der Waals surface area contributed by atoms with E-state index in [9.17, 15) is 19.5 Å². The zero-order chi connectivity index (χ0) is 24.3. The number of halogens is 1. The highest BCUT2D eigenvalue weighted by atomic mass is 127. The lowest BCUT2D eigenvalue weighted by molar-refractivity contribution is -0.141. The van der Waals surface area contributed by atoms with Crippen molar-refractivity contribution in [3.63, 3.8) is 0 Å². The Bertz CT molecular complexity index is 1020. The van der Waals surface area contributed by atoms with Crippen molar-refractivity contribution in [3.8, 4) is 10.4 Å². The highest BCUT2D eigenvalue weighted by Gasteiger charge is 2.44. The van der Waals surface area contributed by atoms with E-state index in [1.165, 1.54) is 4.90 Å². The summed E-state index contributed by atoms with van der Waals surface area (Å²) in [4.78, 5) is 44.6. The van der Waals surface area contributed by atoms with E-state index < -0.39 is 23.6 Å². The number of carbonyl (C=O) groups excluding carboxylic acids is 3. The topological polar surface area (TPSA) is 112 Å². The molecular formula is C23H29IN4O4S. The van der Waals surface area contributed by atoms with Crippen LogP contribution in [0.25, 0.3) is 10.4 Å². The van der Waals surface area contributed by atoms with E-state index in [-0.39, 0.29) is 28.7 Å². The van der Waals surface area contributed by atoms with Crippen molar-refractivity contribution in [1.29, 1.82) is 0 Å². The van der Waals surface area contributed by atoms with Gasteiger partial charge in [0.05, 0.1) is 22.2 Å². The Kier molecular flexibility index (Phi) is 8.12. The summed E-state index contributed by atoms with van der Waals surface area (Å²) in [7, 11) is 0. The minimum Gasteiger partial charge on any atom is -0.391 e. The molecule has 2 aromatic rings. The molecule has 0 spiro atoms. The summed E-state index contributed by atoms with van der Waals surface area (Å²) in [5, 5.41) is 15.8. The first-order chi connectivity index (χ1) is 15.5. The van der Waals surface area contributed by atoms with Gasteiger partial charge in [-0.1, -0.05) is 45.0 Å². The maximum absolute atomic E-state index is 13.3. The van der Waals surface area contributed by atoms with Gasteiger partial charge in [-0.05, 0) is 23.5 Å². The van der Waals surface area contributed by atoms with Gasteiger partial charge in [0, 0.05) is 42.1 Å². The molecule has 1 fully saturated rings. The smallest absolute Gasteiger partial charge is 0.281 e. The summed E-state index contributed by atoms with van der Waals surface area (Å²) >= 11 is 3.18. The summed E-state index contributed by atoms with van der Waals surface area (Å²) in [5.41, 5.74) is 4.25. The van der Waals surface area contributed by atoms with Crippen molar-refractivity contribution in [2.45, 2.75) is 58.8 Å². The van der Waals surface area contributed by atoms with Crippen LogP contribution >= 0.6 is 33.9 Å². The number of hydrogen-bond acceptors (Lipinski definition) is 6. The number of aliphatic hydroxyl groups excluding tert-OH is 1. The number of rotatable bonds is 6. The molecule has 0 saturated carbocycles. The van der Waals surface area contributed by atoms with Crippen molar-refractivity contribution >= 4 is 49.7 Å². The maximum atomic E-state index is 13.3. The third-order valence-electron chi connectivity index (χ3n) is 5.66. The number of hydrogen-bond donors (Lipinski definition) is 3. The molecule has 1 aromatic heterocycles. The van der Waals surface area contributed by atoms with E-state index in [4.69, 9.17) is 0 Å². The second-order valence-corrected chi connectivity index (χ2v) is 11.1. The molecule has 1 aliphatic heterocycles. The SMILES string of the molecule is Cc1ncsc1-c1ccc(CNC(=O)[C@@H]2C[C@@H](O)CN2C(=O)[C@@H](NC(=O)I)C(C)(C)C)cc1. The number of aliphatic hydroxyl groups is 1. The van der Waals surface area contributed by atoms with Crippen LogP contribution in [0.1, 0.15) is 38.4 Å². The van der Waals surface area contributed by atoms with Gasteiger partial charge in [-0.25, -0.2) is 4.98 Å². The quantitative estimate of drug-likeness (QED) is 0.274. The monoisotopic (exact) mass is 584 g/mol. The fraction of sp³-hybridized carbons (Fsp3) is 0.478. The molecular weight excluding hydrogens is 555 g/mol. The van der Waals surface area contributed by atoms with Crippen LogP contribution in [0.2, 0.25) is 0 Å². The number of aromatic nitrogens is 1. The van der Waals surface area contributed by atoms with Gasteiger partial charge >= 0.3 is 0 Å². The largest absolute Gasteiger partial charge is 0.391 e. The minimum absolute atomic E-state index is 0.0590. The molecule has 0 bridgehead atoms. The number of aryl methyl sites for hydroxylation is 1. The standard InChI is InChI=1S/C23H29IN4O4S/c1-13-18(33-12-26-13)15-7-5-14(6-8-15)10-25-20(30)17-9-16(29)11-28(17)21(31)19(23(2,3)4)27-22(24)32/h5-8,12,16-17,19,29H,9-11H2,1-4H3,(H,25,30)(H,27,32)/t16-,17+,19-/m1/s1. The van der Waals surface area contributed by atoms with Gasteiger partial charge < -0.3 is 20.6 Å². The Morgan fingerprint density at radius 1 is 1.27 bits per heavy atom. The van der Waals surface area contributed by atoms with E-state index in [1.54, 1.807) is 33.9 Å². The van der Waals surface area contributed by atoms with Crippen LogP contribution in [0, 0.1) is 12.3 Å². The number of β-amino-alcohol motifs (C(OH)–C–C–N with tert-alkyl or cyclic N) is 1. The minimum atomic E-state index is -0.801. The predicted octanol–water partition coefficient (Wildman–Crippen LogP) is 3.26. The van der Waals surface area contributed by atoms with Crippen LogP contribution < -0.4 is 10.6 Å². The Labute approximate surface area is 211 Å². The second-order valence-electron chi connectivity index (χ2n) is 9.29. The van der Waals surface area contributed by atoms with E-state index in [1.807, 2.05) is 57.5 Å². The van der Waals surface area contributed by atoms with Crippen molar-refractivity contribution in [1.82, 2.24) is 20.5 Å². The molecule has 1 aliphatic rings. The highest BCUT2D eigenvalue weighted by molar-refractivity contribution is 14.1. The van der Waals surface area contributed by atoms with E-state index in [2.05, 4.69) is 15.6 Å². The fourth-order valence-electron chi connectivity index (χ4n) is 3.89. The molecule has 0 unspecified atom stereocenters. The van der Waals surface area contributed by atoms with E-state index in [0.717, 1.165) is 21.7 Å². The Hall–Kier alpha value is -2.05. The van der Waals surface area contributed by atoms with E-state index in [0.29, 0.717) is 6.54 Å². The Morgan fingerprint density at radius 3 is 2.48 bits per heavy atom. The lowest BCUT2D eigenvalue weighted by Crippen LogP contribution is -2.57. The van der Waals surface area contributed by atoms with Crippen LogP contribution in [-0.4, -0.2) is 55.5 Å². The van der Waals surface area contributed by atoms with Gasteiger partial charge in [-0.15, -0.1) is 11.3 Å². The molecule has 3 amide bonds. The maximum Gasteiger partial charge on any atom is 0.281 e.